The predicted molar refractivity (Wildman–Crippen MR) is 61.5 cm³/mol. The van der Waals surface area contributed by atoms with E-state index < -0.39 is 0 Å². The second-order valence-corrected chi connectivity index (χ2v) is 4.79. The van der Waals surface area contributed by atoms with Gasteiger partial charge in [-0.3, -0.25) is 0 Å². The third-order valence-corrected chi connectivity index (χ3v) is 4.20. The Morgan fingerprint density at radius 3 is 2.57 bits per heavy atom. The molecule has 0 nitrogen and oxygen atoms in total. The van der Waals surface area contributed by atoms with Crippen molar-refractivity contribution in [3.8, 4) is 0 Å². The molecule has 0 aliphatic rings. The molecule has 1 unspecified atom stereocenters. The highest BCUT2D eigenvalue weighted by molar-refractivity contribution is 9.09. The normalized spacial score (nSPS) is 12.7. The molecule has 0 radical (unpaired) electrons. The van der Waals surface area contributed by atoms with Crippen molar-refractivity contribution in [2.24, 2.45) is 0 Å². The first kappa shape index (κ1) is 9.87. The minimum atomic E-state index is -0.164. The van der Waals surface area contributed by atoms with Gasteiger partial charge in [-0.15, -0.1) is 11.3 Å². The molecule has 2 rings (SSSR count). The largest absolute Gasteiger partial charge is 0.207 e. The van der Waals surface area contributed by atoms with Crippen LogP contribution >= 0.6 is 27.3 Å². The summed E-state index contributed by atoms with van der Waals surface area (Å²) >= 11 is 5.12. The van der Waals surface area contributed by atoms with E-state index in [9.17, 15) is 4.39 Å². The Morgan fingerprint density at radius 2 is 1.93 bits per heavy atom. The van der Waals surface area contributed by atoms with Crippen molar-refractivity contribution in [1.82, 2.24) is 0 Å². The molecule has 72 valence electrons. The zero-order valence-corrected chi connectivity index (χ0v) is 9.69. The summed E-state index contributed by atoms with van der Waals surface area (Å²) in [7, 11) is 0. The zero-order valence-electron chi connectivity index (χ0n) is 7.28. The average molecular weight is 271 g/mol. The van der Waals surface area contributed by atoms with Crippen molar-refractivity contribution in [2.75, 3.05) is 0 Å². The van der Waals surface area contributed by atoms with Crippen molar-refractivity contribution in [1.29, 1.82) is 0 Å². The Bertz CT molecular complexity index is 411. The van der Waals surface area contributed by atoms with Crippen LogP contribution in [0.25, 0.3) is 0 Å². The van der Waals surface area contributed by atoms with Crippen LogP contribution in [-0.4, -0.2) is 0 Å². The summed E-state index contributed by atoms with van der Waals surface area (Å²) in [6, 6.07) is 10.8. The Kier molecular flexibility index (Phi) is 2.99. The molecule has 0 saturated carbocycles. The fraction of sp³-hybridized carbons (Fsp3) is 0.0909. The number of benzene rings is 1. The van der Waals surface area contributed by atoms with E-state index in [0.717, 1.165) is 4.88 Å². The van der Waals surface area contributed by atoms with Gasteiger partial charge in [-0.25, -0.2) is 4.39 Å². The van der Waals surface area contributed by atoms with Crippen LogP contribution in [0.2, 0.25) is 0 Å². The summed E-state index contributed by atoms with van der Waals surface area (Å²) in [6.07, 6.45) is 0. The lowest BCUT2D eigenvalue weighted by Crippen LogP contribution is -1.93. The Hall–Kier alpha value is -0.670. The molecule has 14 heavy (non-hydrogen) atoms. The van der Waals surface area contributed by atoms with Crippen LogP contribution in [0.5, 0.6) is 0 Å². The molecule has 1 aromatic carbocycles. The predicted octanol–water partition coefficient (Wildman–Crippen LogP) is 4.37. The molecule has 0 aliphatic carbocycles. The standard InChI is InChI=1S/C11H8BrFS/c12-11(10-6-3-7-14-10)8-4-1-2-5-9(8)13/h1-7,11H. The first-order valence-electron chi connectivity index (χ1n) is 4.21. The number of halogens is 2. The molecule has 1 atom stereocenters. The van der Waals surface area contributed by atoms with Gasteiger partial charge in [0.2, 0.25) is 0 Å². The summed E-state index contributed by atoms with van der Waals surface area (Å²) in [6.45, 7) is 0. The van der Waals surface area contributed by atoms with Crippen LogP contribution in [0.4, 0.5) is 4.39 Å². The van der Waals surface area contributed by atoms with Crippen LogP contribution < -0.4 is 0 Å². The van der Waals surface area contributed by atoms with Crippen LogP contribution in [0, 0.1) is 5.82 Å². The molecule has 3 heteroatoms. The average Bonchev–Trinajstić information content (AvgIpc) is 2.70. The molecule has 0 aliphatic heterocycles. The minimum Gasteiger partial charge on any atom is -0.207 e. The van der Waals surface area contributed by atoms with Crippen molar-refractivity contribution >= 4 is 27.3 Å². The summed E-state index contributed by atoms with van der Waals surface area (Å²) in [4.78, 5) is 1.08. The van der Waals surface area contributed by atoms with Gasteiger partial charge in [-0.2, -0.15) is 0 Å². The lowest BCUT2D eigenvalue weighted by Gasteiger charge is -2.08. The summed E-state index contributed by atoms with van der Waals surface area (Å²) in [5.74, 6) is -0.164. The fourth-order valence-electron chi connectivity index (χ4n) is 1.27. The molecule has 0 fully saturated rings. The zero-order chi connectivity index (χ0) is 9.97. The van der Waals surface area contributed by atoms with E-state index in [1.165, 1.54) is 6.07 Å². The monoisotopic (exact) mass is 270 g/mol. The van der Waals surface area contributed by atoms with E-state index in [2.05, 4.69) is 15.9 Å². The van der Waals surface area contributed by atoms with Crippen molar-refractivity contribution in [3.05, 3.63) is 58.0 Å². The SMILES string of the molecule is Fc1ccccc1C(Br)c1cccs1. The van der Waals surface area contributed by atoms with Crippen LogP contribution in [0.3, 0.4) is 0 Å². The van der Waals surface area contributed by atoms with Gasteiger partial charge < -0.3 is 0 Å². The quantitative estimate of drug-likeness (QED) is 0.711. The molecule has 0 saturated heterocycles. The van der Waals surface area contributed by atoms with Crippen LogP contribution in [0.1, 0.15) is 15.3 Å². The Morgan fingerprint density at radius 1 is 1.14 bits per heavy atom. The van der Waals surface area contributed by atoms with E-state index in [4.69, 9.17) is 0 Å². The third-order valence-electron chi connectivity index (χ3n) is 1.97. The maximum Gasteiger partial charge on any atom is 0.127 e. The van der Waals surface area contributed by atoms with Crippen molar-refractivity contribution in [3.63, 3.8) is 0 Å². The molecule has 1 heterocycles. The number of hydrogen-bond donors (Lipinski definition) is 0. The van der Waals surface area contributed by atoms with Gasteiger partial charge in [-0.05, 0) is 17.5 Å². The van der Waals surface area contributed by atoms with Crippen LogP contribution in [0.15, 0.2) is 41.8 Å². The number of thiophene rings is 1. The van der Waals surface area contributed by atoms with E-state index in [1.807, 2.05) is 23.6 Å². The lowest BCUT2D eigenvalue weighted by atomic mass is 10.1. The van der Waals surface area contributed by atoms with Gasteiger partial charge in [0.05, 0.1) is 4.83 Å². The molecule has 0 bridgehead atoms. The maximum absolute atomic E-state index is 13.4. The Labute approximate surface area is 94.5 Å². The van der Waals surface area contributed by atoms with Gasteiger partial charge in [0.15, 0.2) is 0 Å². The molecular weight excluding hydrogens is 263 g/mol. The van der Waals surface area contributed by atoms with Gasteiger partial charge in [0.1, 0.15) is 5.82 Å². The topological polar surface area (TPSA) is 0 Å². The van der Waals surface area contributed by atoms with E-state index in [-0.39, 0.29) is 10.6 Å². The highest BCUT2D eigenvalue weighted by Crippen LogP contribution is 2.34. The number of alkyl halides is 1. The van der Waals surface area contributed by atoms with E-state index in [0.29, 0.717) is 5.56 Å². The van der Waals surface area contributed by atoms with Gasteiger partial charge in [0.25, 0.3) is 0 Å². The van der Waals surface area contributed by atoms with Gasteiger partial charge >= 0.3 is 0 Å². The molecule has 1 aromatic heterocycles. The summed E-state index contributed by atoms with van der Waals surface area (Å²) in [5, 5.41) is 1.99. The molecular formula is C11H8BrFS. The molecule has 0 spiro atoms. The fourth-order valence-corrected chi connectivity index (χ4v) is 2.83. The van der Waals surface area contributed by atoms with Crippen LogP contribution in [-0.2, 0) is 0 Å². The van der Waals surface area contributed by atoms with Crippen molar-refractivity contribution < 1.29 is 4.39 Å². The molecule has 0 amide bonds. The molecule has 0 N–H and O–H groups in total. The third kappa shape index (κ3) is 1.88. The second-order valence-electron chi connectivity index (χ2n) is 2.90. The summed E-state index contributed by atoms with van der Waals surface area (Å²) in [5.41, 5.74) is 0.690. The summed E-state index contributed by atoms with van der Waals surface area (Å²) < 4.78 is 13.4. The molecule has 2 aromatic rings. The van der Waals surface area contributed by atoms with E-state index >= 15 is 0 Å². The lowest BCUT2D eigenvalue weighted by molar-refractivity contribution is 0.614. The highest BCUT2D eigenvalue weighted by Gasteiger charge is 2.14. The van der Waals surface area contributed by atoms with E-state index in [1.54, 1.807) is 23.5 Å². The Balaban J connectivity index is 2.37. The second kappa shape index (κ2) is 4.24. The maximum atomic E-state index is 13.4. The number of hydrogen-bond acceptors (Lipinski definition) is 1. The van der Waals surface area contributed by atoms with Crippen molar-refractivity contribution in [2.45, 2.75) is 4.83 Å². The smallest absolute Gasteiger partial charge is 0.127 e. The number of rotatable bonds is 2. The highest BCUT2D eigenvalue weighted by atomic mass is 79.9. The first-order chi connectivity index (χ1) is 6.79. The van der Waals surface area contributed by atoms with Gasteiger partial charge in [-0.1, -0.05) is 40.2 Å². The van der Waals surface area contributed by atoms with Gasteiger partial charge in [0, 0.05) is 10.4 Å². The first-order valence-corrected chi connectivity index (χ1v) is 6.00. The minimum absolute atomic E-state index is 0.0382.